The molecule has 1 atom stereocenters. The molecule has 0 amide bonds. The fraction of sp³-hybridized carbons (Fsp3) is 0.516. The van der Waals surface area contributed by atoms with Crippen molar-refractivity contribution in [3.05, 3.63) is 71.8 Å². The Morgan fingerprint density at radius 1 is 0.750 bits per heavy atom. The second-order valence-electron chi connectivity index (χ2n) is 11.0. The number of unbranched alkanes of at least 4 members (excludes halogenated alkanes) is 2. The van der Waals surface area contributed by atoms with Gasteiger partial charge in [0.25, 0.3) is 0 Å². The van der Waals surface area contributed by atoms with Crippen LogP contribution in [0, 0.1) is 10.8 Å². The van der Waals surface area contributed by atoms with E-state index in [2.05, 4.69) is 0 Å². The van der Waals surface area contributed by atoms with Crippen LogP contribution in [-0.2, 0) is 20.9 Å². The minimum absolute atomic E-state index is 0.199. The lowest BCUT2D eigenvalue weighted by Crippen LogP contribution is -2.31. The number of hydrogen-bond donors (Lipinski definition) is 1. The van der Waals surface area contributed by atoms with Gasteiger partial charge in [-0.1, -0.05) is 100 Å². The van der Waals surface area contributed by atoms with Crippen LogP contribution in [0.25, 0.3) is 0 Å². The molecule has 0 aliphatic rings. The van der Waals surface area contributed by atoms with Crippen LogP contribution in [0.5, 0.6) is 0 Å². The highest BCUT2D eigenvalue weighted by atomic mass is 16.5. The van der Waals surface area contributed by atoms with Crippen molar-refractivity contribution in [3.63, 3.8) is 0 Å². The first-order chi connectivity index (χ1) is 17.0. The van der Waals surface area contributed by atoms with Gasteiger partial charge in [0.05, 0.1) is 11.5 Å². The van der Waals surface area contributed by atoms with E-state index in [0.29, 0.717) is 31.2 Å². The molecule has 5 nitrogen and oxygen atoms in total. The summed E-state index contributed by atoms with van der Waals surface area (Å²) >= 11 is 0. The monoisotopic (exact) mass is 494 g/mol. The predicted octanol–water partition coefficient (Wildman–Crippen LogP) is 6.72. The summed E-state index contributed by atoms with van der Waals surface area (Å²) in [5, 5.41) is 10.4. The van der Waals surface area contributed by atoms with E-state index in [9.17, 15) is 19.5 Å². The molecule has 0 aliphatic carbocycles. The molecule has 196 valence electrons. The number of benzene rings is 2. The average Bonchev–Trinajstić information content (AvgIpc) is 2.88. The Morgan fingerprint density at radius 3 is 1.81 bits per heavy atom. The summed E-state index contributed by atoms with van der Waals surface area (Å²) < 4.78 is 5.49. The van der Waals surface area contributed by atoms with Gasteiger partial charge in [-0.3, -0.25) is 14.4 Å². The van der Waals surface area contributed by atoms with Crippen LogP contribution in [-0.4, -0.2) is 28.7 Å². The standard InChI is InChI=1S/C31H42O5/c1-30(2,28(34)27(33)25-17-9-6-10-18-25)21-13-11-19-26(32)20-12-14-22-31(3,4)29(35)36-23-24-15-7-5-8-16-24/h5-10,15-18,26,32H,11-14,19-23H2,1-4H3. The van der Waals surface area contributed by atoms with Gasteiger partial charge in [0.15, 0.2) is 0 Å². The van der Waals surface area contributed by atoms with Crippen molar-refractivity contribution in [2.75, 3.05) is 0 Å². The highest BCUT2D eigenvalue weighted by Gasteiger charge is 2.33. The number of ether oxygens (including phenoxy) is 1. The van der Waals surface area contributed by atoms with Gasteiger partial charge in [0.2, 0.25) is 11.6 Å². The summed E-state index contributed by atoms with van der Waals surface area (Å²) in [6.45, 7) is 7.73. The van der Waals surface area contributed by atoms with Gasteiger partial charge < -0.3 is 9.84 Å². The van der Waals surface area contributed by atoms with Crippen molar-refractivity contribution in [2.45, 2.75) is 91.8 Å². The number of rotatable bonds is 16. The number of aliphatic hydroxyl groups is 1. The number of hydrogen-bond acceptors (Lipinski definition) is 5. The second-order valence-corrected chi connectivity index (χ2v) is 11.0. The highest BCUT2D eigenvalue weighted by molar-refractivity contribution is 6.45. The smallest absolute Gasteiger partial charge is 0.311 e. The molecule has 1 N–H and O–H groups in total. The van der Waals surface area contributed by atoms with Crippen LogP contribution < -0.4 is 0 Å². The van der Waals surface area contributed by atoms with Crippen LogP contribution in [0.2, 0.25) is 0 Å². The van der Waals surface area contributed by atoms with E-state index in [4.69, 9.17) is 4.74 Å². The molecular weight excluding hydrogens is 452 g/mol. The van der Waals surface area contributed by atoms with Crippen molar-refractivity contribution in [2.24, 2.45) is 10.8 Å². The van der Waals surface area contributed by atoms with Gasteiger partial charge in [0.1, 0.15) is 6.61 Å². The van der Waals surface area contributed by atoms with Crippen LogP contribution in [0.1, 0.15) is 95.0 Å². The Hall–Kier alpha value is -2.79. The van der Waals surface area contributed by atoms with Gasteiger partial charge in [-0.25, -0.2) is 0 Å². The number of esters is 1. The van der Waals surface area contributed by atoms with Crippen molar-refractivity contribution in [3.8, 4) is 0 Å². The van der Waals surface area contributed by atoms with Crippen molar-refractivity contribution in [1.82, 2.24) is 0 Å². The van der Waals surface area contributed by atoms with Gasteiger partial charge in [0, 0.05) is 11.0 Å². The summed E-state index contributed by atoms with van der Waals surface area (Å²) in [6.07, 6.45) is 5.52. The molecule has 2 aromatic rings. The predicted molar refractivity (Wildman–Crippen MR) is 143 cm³/mol. The fourth-order valence-electron chi connectivity index (χ4n) is 4.20. The van der Waals surface area contributed by atoms with E-state index < -0.39 is 22.7 Å². The van der Waals surface area contributed by atoms with E-state index in [-0.39, 0.29) is 18.4 Å². The maximum atomic E-state index is 12.7. The summed E-state index contributed by atoms with van der Waals surface area (Å²) in [5.74, 6) is -0.999. The van der Waals surface area contributed by atoms with E-state index in [1.54, 1.807) is 24.3 Å². The first kappa shape index (κ1) is 29.4. The quantitative estimate of drug-likeness (QED) is 0.121. The maximum Gasteiger partial charge on any atom is 0.311 e. The molecule has 0 aliphatic heterocycles. The maximum absolute atomic E-state index is 12.7. The summed E-state index contributed by atoms with van der Waals surface area (Å²) in [5.41, 5.74) is 0.118. The number of ketones is 2. The first-order valence-corrected chi connectivity index (χ1v) is 13.1. The molecule has 0 radical (unpaired) electrons. The number of carbonyl (C=O) groups is 3. The lowest BCUT2D eigenvalue weighted by molar-refractivity contribution is -0.155. The zero-order valence-corrected chi connectivity index (χ0v) is 22.3. The molecule has 1 unspecified atom stereocenters. The molecule has 5 heteroatoms. The summed E-state index contributed by atoms with van der Waals surface area (Å²) in [6, 6.07) is 18.3. The van der Waals surface area contributed by atoms with Crippen LogP contribution >= 0.6 is 0 Å². The third kappa shape index (κ3) is 9.69. The third-order valence-corrected chi connectivity index (χ3v) is 6.80. The van der Waals surface area contributed by atoms with Gasteiger partial charge >= 0.3 is 5.97 Å². The Balaban J connectivity index is 1.61. The lowest BCUT2D eigenvalue weighted by atomic mass is 9.79. The van der Waals surface area contributed by atoms with Crippen LogP contribution in [0.3, 0.4) is 0 Å². The Morgan fingerprint density at radius 2 is 1.25 bits per heavy atom. The third-order valence-electron chi connectivity index (χ3n) is 6.80. The Kier molecular flexibility index (Phi) is 11.5. The molecule has 36 heavy (non-hydrogen) atoms. The number of Topliss-reactive ketones (excluding diaryl/α,β-unsaturated/α-hetero) is 2. The lowest BCUT2D eigenvalue weighted by Gasteiger charge is -2.23. The molecule has 0 saturated carbocycles. The first-order valence-electron chi connectivity index (χ1n) is 13.1. The Labute approximate surface area is 216 Å². The van der Waals surface area contributed by atoms with Gasteiger partial charge in [-0.2, -0.15) is 0 Å². The molecule has 0 aromatic heterocycles. The van der Waals surface area contributed by atoms with E-state index in [0.717, 1.165) is 31.2 Å². The summed E-state index contributed by atoms with van der Waals surface area (Å²) in [4.78, 5) is 37.6. The zero-order valence-electron chi connectivity index (χ0n) is 22.3. The van der Waals surface area contributed by atoms with Crippen LogP contribution in [0.4, 0.5) is 0 Å². The highest BCUT2D eigenvalue weighted by Crippen LogP contribution is 2.28. The zero-order chi connectivity index (χ0) is 26.6. The van der Waals surface area contributed by atoms with E-state index >= 15 is 0 Å². The van der Waals surface area contributed by atoms with E-state index in [1.807, 2.05) is 64.1 Å². The molecule has 0 fully saturated rings. The summed E-state index contributed by atoms with van der Waals surface area (Å²) in [7, 11) is 0. The largest absolute Gasteiger partial charge is 0.460 e. The van der Waals surface area contributed by atoms with Gasteiger partial charge in [-0.05, 0) is 45.1 Å². The minimum Gasteiger partial charge on any atom is -0.460 e. The van der Waals surface area contributed by atoms with Crippen molar-refractivity contribution in [1.29, 1.82) is 0 Å². The SMILES string of the molecule is CC(C)(CCCCC(O)CCCCC(C)(C)C(=O)C(=O)c1ccccc1)C(=O)OCc1ccccc1. The normalized spacial score (nSPS) is 12.7. The number of aliphatic hydroxyl groups excluding tert-OH is 1. The van der Waals surface area contributed by atoms with E-state index in [1.165, 1.54) is 0 Å². The molecule has 2 rings (SSSR count). The molecule has 0 heterocycles. The van der Waals surface area contributed by atoms with Crippen molar-refractivity contribution >= 4 is 17.5 Å². The molecule has 0 saturated heterocycles. The average molecular weight is 495 g/mol. The molecular formula is C31H42O5. The molecule has 0 bridgehead atoms. The minimum atomic E-state index is -0.724. The molecule has 0 spiro atoms. The fourth-order valence-corrected chi connectivity index (χ4v) is 4.20. The van der Waals surface area contributed by atoms with Crippen molar-refractivity contribution < 1.29 is 24.2 Å². The number of carbonyl (C=O) groups excluding carboxylic acids is 3. The Bertz CT molecular complexity index is 963. The molecule has 2 aromatic carbocycles. The second kappa shape index (κ2) is 14.1. The van der Waals surface area contributed by atoms with Gasteiger partial charge in [-0.15, -0.1) is 0 Å². The van der Waals surface area contributed by atoms with Crippen LogP contribution in [0.15, 0.2) is 60.7 Å². The topological polar surface area (TPSA) is 80.7 Å².